The molecule has 1 aromatic rings. The summed E-state index contributed by atoms with van der Waals surface area (Å²) in [5, 5.41) is 13.1. The van der Waals surface area contributed by atoms with Crippen molar-refractivity contribution in [2.75, 3.05) is 26.9 Å². The second kappa shape index (κ2) is 8.32. The molecule has 5 heteroatoms. The predicted molar refractivity (Wildman–Crippen MR) is 72.2 cm³/mol. The Kier molecular flexibility index (Phi) is 7.05. The summed E-state index contributed by atoms with van der Waals surface area (Å²) in [5.41, 5.74) is 0.972. The van der Waals surface area contributed by atoms with E-state index in [-0.39, 0.29) is 6.61 Å². The standard InChI is InChI=1S/C13H20ClNO3/c1-10(16)9-18-13-4-3-12(14)7-11(13)8-15-5-6-17-2/h3-4,7,10,15-16H,5-6,8-9H2,1-2H3. The van der Waals surface area contributed by atoms with E-state index in [1.165, 1.54) is 0 Å². The Hall–Kier alpha value is -0.810. The van der Waals surface area contributed by atoms with E-state index >= 15 is 0 Å². The molecule has 0 saturated heterocycles. The lowest BCUT2D eigenvalue weighted by Gasteiger charge is -2.13. The Morgan fingerprint density at radius 2 is 2.22 bits per heavy atom. The highest BCUT2D eigenvalue weighted by atomic mass is 35.5. The van der Waals surface area contributed by atoms with Gasteiger partial charge in [0, 0.05) is 30.8 Å². The Balaban J connectivity index is 2.58. The summed E-state index contributed by atoms with van der Waals surface area (Å²) in [4.78, 5) is 0. The lowest BCUT2D eigenvalue weighted by atomic mass is 10.2. The first-order chi connectivity index (χ1) is 8.63. The zero-order valence-electron chi connectivity index (χ0n) is 10.8. The van der Waals surface area contributed by atoms with Gasteiger partial charge in [0.25, 0.3) is 0 Å². The van der Waals surface area contributed by atoms with Crippen LogP contribution in [0.1, 0.15) is 12.5 Å². The first kappa shape index (κ1) is 15.2. The zero-order valence-corrected chi connectivity index (χ0v) is 11.5. The van der Waals surface area contributed by atoms with E-state index in [1.54, 1.807) is 20.1 Å². The highest BCUT2D eigenvalue weighted by Gasteiger charge is 2.06. The maximum atomic E-state index is 9.22. The van der Waals surface area contributed by atoms with Crippen LogP contribution in [0.25, 0.3) is 0 Å². The molecular formula is C13H20ClNO3. The van der Waals surface area contributed by atoms with Crippen LogP contribution in [0.5, 0.6) is 5.75 Å². The van der Waals surface area contributed by atoms with Crippen molar-refractivity contribution in [3.8, 4) is 5.75 Å². The average molecular weight is 274 g/mol. The van der Waals surface area contributed by atoms with Crippen molar-refractivity contribution >= 4 is 11.6 Å². The number of nitrogens with one attached hydrogen (secondary N) is 1. The molecule has 0 radical (unpaired) electrons. The van der Waals surface area contributed by atoms with E-state index in [1.807, 2.05) is 12.1 Å². The Morgan fingerprint density at radius 3 is 2.89 bits per heavy atom. The highest BCUT2D eigenvalue weighted by Crippen LogP contribution is 2.23. The first-order valence-corrected chi connectivity index (χ1v) is 6.30. The maximum Gasteiger partial charge on any atom is 0.124 e. The number of aliphatic hydroxyl groups excluding tert-OH is 1. The van der Waals surface area contributed by atoms with E-state index < -0.39 is 6.10 Å². The van der Waals surface area contributed by atoms with E-state index in [0.29, 0.717) is 18.2 Å². The SMILES string of the molecule is COCCNCc1cc(Cl)ccc1OCC(C)O. The van der Waals surface area contributed by atoms with Gasteiger partial charge in [-0.3, -0.25) is 0 Å². The van der Waals surface area contributed by atoms with Gasteiger partial charge in [0.1, 0.15) is 12.4 Å². The molecule has 1 aromatic carbocycles. The third kappa shape index (κ3) is 5.69. The summed E-state index contributed by atoms with van der Waals surface area (Å²) in [6, 6.07) is 5.45. The zero-order chi connectivity index (χ0) is 13.4. The van der Waals surface area contributed by atoms with Gasteiger partial charge >= 0.3 is 0 Å². The minimum absolute atomic E-state index is 0.271. The van der Waals surface area contributed by atoms with Crippen LogP contribution >= 0.6 is 11.6 Å². The Labute approximate surface area is 113 Å². The van der Waals surface area contributed by atoms with Crippen LogP contribution in [0.15, 0.2) is 18.2 Å². The number of hydrogen-bond acceptors (Lipinski definition) is 4. The predicted octanol–water partition coefficient (Wildman–Crippen LogP) is 1.84. The smallest absolute Gasteiger partial charge is 0.124 e. The molecule has 0 heterocycles. The fourth-order valence-electron chi connectivity index (χ4n) is 1.43. The van der Waals surface area contributed by atoms with Crippen molar-refractivity contribution in [3.63, 3.8) is 0 Å². The summed E-state index contributed by atoms with van der Waals surface area (Å²) < 4.78 is 10.5. The largest absolute Gasteiger partial charge is 0.491 e. The molecule has 1 unspecified atom stereocenters. The van der Waals surface area contributed by atoms with Gasteiger partial charge in [-0.25, -0.2) is 0 Å². The van der Waals surface area contributed by atoms with Crippen molar-refractivity contribution in [3.05, 3.63) is 28.8 Å². The van der Waals surface area contributed by atoms with Crippen LogP contribution < -0.4 is 10.1 Å². The third-order valence-electron chi connectivity index (χ3n) is 2.30. The van der Waals surface area contributed by atoms with Crippen LogP contribution in [0.4, 0.5) is 0 Å². The number of rotatable bonds is 8. The van der Waals surface area contributed by atoms with E-state index in [2.05, 4.69) is 5.32 Å². The number of halogens is 1. The number of hydrogen-bond donors (Lipinski definition) is 2. The van der Waals surface area contributed by atoms with Crippen LogP contribution in [-0.2, 0) is 11.3 Å². The summed E-state index contributed by atoms with van der Waals surface area (Å²) in [7, 11) is 1.66. The van der Waals surface area contributed by atoms with Crippen molar-refractivity contribution in [1.29, 1.82) is 0 Å². The Bertz CT molecular complexity index is 358. The van der Waals surface area contributed by atoms with Crippen LogP contribution in [-0.4, -0.2) is 38.1 Å². The maximum absolute atomic E-state index is 9.22. The molecule has 1 rings (SSSR count). The fourth-order valence-corrected chi connectivity index (χ4v) is 1.63. The molecule has 0 aliphatic carbocycles. The van der Waals surface area contributed by atoms with Crippen LogP contribution in [0, 0.1) is 0 Å². The molecule has 2 N–H and O–H groups in total. The number of methoxy groups -OCH3 is 1. The lowest BCUT2D eigenvalue weighted by Crippen LogP contribution is -2.20. The fraction of sp³-hybridized carbons (Fsp3) is 0.538. The highest BCUT2D eigenvalue weighted by molar-refractivity contribution is 6.30. The minimum atomic E-state index is -0.491. The topological polar surface area (TPSA) is 50.7 Å². The lowest BCUT2D eigenvalue weighted by molar-refractivity contribution is 0.122. The molecule has 0 fully saturated rings. The molecule has 1 atom stereocenters. The molecule has 0 aliphatic heterocycles. The summed E-state index contributed by atoms with van der Waals surface area (Å²) in [6.45, 7) is 4.03. The van der Waals surface area contributed by atoms with Gasteiger partial charge in [-0.1, -0.05) is 11.6 Å². The van der Waals surface area contributed by atoms with Crippen molar-refractivity contribution in [2.24, 2.45) is 0 Å². The number of aliphatic hydroxyl groups is 1. The third-order valence-corrected chi connectivity index (χ3v) is 2.54. The van der Waals surface area contributed by atoms with Gasteiger partial charge in [-0.15, -0.1) is 0 Å². The van der Waals surface area contributed by atoms with Crippen molar-refractivity contribution in [1.82, 2.24) is 5.32 Å². The van der Waals surface area contributed by atoms with Gasteiger partial charge in [-0.05, 0) is 25.1 Å². The summed E-state index contributed by atoms with van der Waals surface area (Å²) >= 11 is 5.96. The molecule has 18 heavy (non-hydrogen) atoms. The quantitative estimate of drug-likeness (QED) is 0.710. The molecule has 0 bridgehead atoms. The van der Waals surface area contributed by atoms with Gasteiger partial charge in [0.05, 0.1) is 12.7 Å². The van der Waals surface area contributed by atoms with E-state index in [9.17, 15) is 5.11 Å². The second-order valence-electron chi connectivity index (χ2n) is 4.08. The monoisotopic (exact) mass is 273 g/mol. The first-order valence-electron chi connectivity index (χ1n) is 5.92. The number of benzene rings is 1. The van der Waals surface area contributed by atoms with Crippen LogP contribution in [0.3, 0.4) is 0 Å². The van der Waals surface area contributed by atoms with E-state index in [0.717, 1.165) is 17.9 Å². The van der Waals surface area contributed by atoms with Gasteiger partial charge in [0.2, 0.25) is 0 Å². The molecule has 0 amide bonds. The van der Waals surface area contributed by atoms with Gasteiger partial charge < -0.3 is 19.9 Å². The molecular weight excluding hydrogens is 254 g/mol. The molecule has 4 nitrogen and oxygen atoms in total. The second-order valence-corrected chi connectivity index (χ2v) is 4.52. The van der Waals surface area contributed by atoms with Crippen molar-refractivity contribution < 1.29 is 14.6 Å². The van der Waals surface area contributed by atoms with Gasteiger partial charge in [0.15, 0.2) is 0 Å². The molecule has 0 aliphatic rings. The molecule has 0 aromatic heterocycles. The number of ether oxygens (including phenoxy) is 2. The van der Waals surface area contributed by atoms with E-state index in [4.69, 9.17) is 21.1 Å². The van der Waals surface area contributed by atoms with Crippen LogP contribution in [0.2, 0.25) is 5.02 Å². The molecule has 102 valence electrons. The average Bonchev–Trinajstić information content (AvgIpc) is 2.33. The molecule has 0 saturated carbocycles. The molecule has 0 spiro atoms. The summed E-state index contributed by atoms with van der Waals surface area (Å²) in [6.07, 6.45) is -0.491. The van der Waals surface area contributed by atoms with Gasteiger partial charge in [-0.2, -0.15) is 0 Å². The normalized spacial score (nSPS) is 12.4. The Morgan fingerprint density at radius 1 is 1.44 bits per heavy atom. The summed E-state index contributed by atoms with van der Waals surface area (Å²) in [5.74, 6) is 0.741. The van der Waals surface area contributed by atoms with Crippen molar-refractivity contribution in [2.45, 2.75) is 19.6 Å². The minimum Gasteiger partial charge on any atom is -0.491 e.